The van der Waals surface area contributed by atoms with Crippen LogP contribution in [0.1, 0.15) is 59.0 Å². The summed E-state index contributed by atoms with van der Waals surface area (Å²) in [5.41, 5.74) is -0.865. The number of fused-ring (bicyclic) bond motifs is 1. The number of benzene rings is 1. The molecule has 1 saturated heterocycles. The molecule has 2 aliphatic rings. The molecular weight excluding hydrogens is 443 g/mol. The van der Waals surface area contributed by atoms with Gasteiger partial charge in [0.15, 0.2) is 0 Å². The Hall–Kier alpha value is -3.06. The van der Waals surface area contributed by atoms with Crippen LogP contribution in [0.3, 0.4) is 0 Å². The van der Waals surface area contributed by atoms with E-state index in [0.717, 1.165) is 36.3 Å². The zero-order chi connectivity index (χ0) is 23.2. The first kappa shape index (κ1) is 22.1. The van der Waals surface area contributed by atoms with Gasteiger partial charge in [0.05, 0.1) is 29.3 Å². The Kier molecular flexibility index (Phi) is 5.63. The van der Waals surface area contributed by atoms with E-state index in [1.54, 1.807) is 17.0 Å². The number of hydrogen-bond acceptors (Lipinski definition) is 4. The van der Waals surface area contributed by atoms with Crippen molar-refractivity contribution in [1.82, 2.24) is 0 Å². The van der Waals surface area contributed by atoms with Gasteiger partial charge in [-0.15, -0.1) is 11.3 Å². The first-order valence-corrected chi connectivity index (χ1v) is 11.1. The Morgan fingerprint density at radius 1 is 1.22 bits per heavy atom. The molecule has 2 fully saturated rings. The van der Waals surface area contributed by atoms with Crippen molar-refractivity contribution in [1.29, 1.82) is 5.26 Å². The first-order chi connectivity index (χ1) is 15.2. The van der Waals surface area contributed by atoms with Gasteiger partial charge >= 0.3 is 18.2 Å². The second-order valence-electron chi connectivity index (χ2n) is 7.88. The maximum absolute atomic E-state index is 13.5. The molecule has 1 aromatic heterocycles. The van der Waals surface area contributed by atoms with E-state index < -0.39 is 29.3 Å². The zero-order valence-electron chi connectivity index (χ0n) is 17.1. The third-order valence-corrected chi connectivity index (χ3v) is 7.25. The maximum Gasteiger partial charge on any atom is 0.417 e. The van der Waals surface area contributed by atoms with Gasteiger partial charge in [0.25, 0.3) is 0 Å². The van der Waals surface area contributed by atoms with Crippen molar-refractivity contribution in [3.05, 3.63) is 45.8 Å². The van der Waals surface area contributed by atoms with Gasteiger partial charge in [-0.1, -0.05) is 19.8 Å². The number of rotatable bonds is 4. The van der Waals surface area contributed by atoms with Gasteiger partial charge in [-0.3, -0.25) is 9.80 Å². The molecule has 6 nitrogen and oxygen atoms in total. The van der Waals surface area contributed by atoms with E-state index in [9.17, 15) is 27.9 Å². The van der Waals surface area contributed by atoms with Gasteiger partial charge in [-0.05, 0) is 49.1 Å². The second kappa shape index (κ2) is 8.13. The lowest BCUT2D eigenvalue weighted by atomic mass is 9.90. The molecule has 1 aliphatic heterocycles. The fraction of sp³-hybridized carbons (Fsp3) is 0.409. The van der Waals surface area contributed by atoms with Crippen LogP contribution >= 0.6 is 11.3 Å². The summed E-state index contributed by atoms with van der Waals surface area (Å²) in [5.74, 6) is -1.07. The van der Waals surface area contributed by atoms with E-state index in [1.165, 1.54) is 11.0 Å². The summed E-state index contributed by atoms with van der Waals surface area (Å²) in [4.78, 5) is 28.2. The number of halogens is 3. The normalized spacial score (nSPS) is 20.9. The predicted molar refractivity (Wildman–Crippen MR) is 113 cm³/mol. The van der Waals surface area contributed by atoms with E-state index >= 15 is 0 Å². The van der Waals surface area contributed by atoms with Crippen molar-refractivity contribution in [2.45, 2.75) is 57.3 Å². The summed E-state index contributed by atoms with van der Waals surface area (Å²) in [7, 11) is 0. The zero-order valence-corrected chi connectivity index (χ0v) is 18.0. The molecule has 168 valence electrons. The second-order valence-corrected chi connectivity index (χ2v) is 8.91. The third-order valence-electron chi connectivity index (χ3n) is 6.09. The molecule has 32 heavy (non-hydrogen) atoms. The van der Waals surface area contributed by atoms with Crippen molar-refractivity contribution < 1.29 is 27.9 Å². The minimum atomic E-state index is -4.73. The Morgan fingerprint density at radius 3 is 2.41 bits per heavy atom. The number of carbonyl (C=O) groups is 2. The average Bonchev–Trinajstić information content (AvgIpc) is 3.30. The molecule has 0 radical (unpaired) electrons. The first-order valence-electron chi connectivity index (χ1n) is 10.3. The van der Waals surface area contributed by atoms with Gasteiger partial charge in [0, 0.05) is 5.69 Å². The number of carboxylic acids is 1. The van der Waals surface area contributed by atoms with E-state index in [1.807, 2.05) is 6.92 Å². The van der Waals surface area contributed by atoms with E-state index in [2.05, 4.69) is 0 Å². The Labute approximate surface area is 186 Å². The number of carboxylic acid groups (broad SMARTS) is 1. The molecule has 1 aliphatic carbocycles. The summed E-state index contributed by atoms with van der Waals surface area (Å²) in [5, 5.41) is 19.1. The number of nitrogens with zero attached hydrogens (tertiary/aromatic N) is 3. The van der Waals surface area contributed by atoms with Crippen LogP contribution in [0.5, 0.6) is 0 Å². The van der Waals surface area contributed by atoms with E-state index in [-0.39, 0.29) is 22.6 Å². The number of anilines is 2. The molecule has 2 heterocycles. The minimum Gasteiger partial charge on any atom is -0.477 e. The monoisotopic (exact) mass is 463 g/mol. The highest BCUT2D eigenvalue weighted by atomic mass is 32.1. The summed E-state index contributed by atoms with van der Waals surface area (Å²) < 4.78 is 40.6. The molecule has 0 bridgehead atoms. The van der Waals surface area contributed by atoms with Crippen LogP contribution in [-0.2, 0) is 12.6 Å². The van der Waals surface area contributed by atoms with Crippen LogP contribution in [-0.4, -0.2) is 29.2 Å². The average molecular weight is 463 g/mol. The lowest BCUT2D eigenvalue weighted by Crippen LogP contribution is -2.40. The highest BCUT2D eigenvalue weighted by Gasteiger charge is 2.49. The van der Waals surface area contributed by atoms with E-state index in [0.29, 0.717) is 29.8 Å². The van der Waals surface area contributed by atoms with Gasteiger partial charge in [0.1, 0.15) is 9.88 Å². The molecular formula is C22H20F3N3O3S. The van der Waals surface area contributed by atoms with Crippen LogP contribution in [0.4, 0.5) is 28.7 Å². The Morgan fingerprint density at radius 2 is 1.88 bits per heavy atom. The Bertz CT molecular complexity index is 1120. The molecule has 2 unspecified atom stereocenters. The number of aromatic carboxylic acids is 1. The van der Waals surface area contributed by atoms with Crippen LogP contribution in [0.25, 0.3) is 0 Å². The van der Waals surface area contributed by atoms with Gasteiger partial charge < -0.3 is 5.11 Å². The molecule has 2 aromatic rings. The smallest absolute Gasteiger partial charge is 0.417 e. The number of thiophene rings is 1. The molecule has 1 N–H and O–H groups in total. The highest BCUT2D eigenvalue weighted by Crippen LogP contribution is 2.44. The molecule has 4 rings (SSSR count). The molecule has 1 aromatic carbocycles. The number of urea groups is 1. The quantitative estimate of drug-likeness (QED) is 0.634. The van der Waals surface area contributed by atoms with Gasteiger partial charge in [0.2, 0.25) is 0 Å². The van der Waals surface area contributed by atoms with Gasteiger partial charge in [-0.25, -0.2) is 9.59 Å². The van der Waals surface area contributed by atoms with Crippen molar-refractivity contribution >= 4 is 34.0 Å². The fourth-order valence-corrected chi connectivity index (χ4v) is 5.79. The molecule has 0 spiro atoms. The van der Waals surface area contributed by atoms with Gasteiger partial charge in [-0.2, -0.15) is 18.4 Å². The highest BCUT2D eigenvalue weighted by molar-refractivity contribution is 7.18. The third kappa shape index (κ3) is 3.60. The van der Waals surface area contributed by atoms with E-state index in [4.69, 9.17) is 5.26 Å². The van der Waals surface area contributed by atoms with Crippen LogP contribution in [0.2, 0.25) is 0 Å². The lowest BCUT2D eigenvalue weighted by molar-refractivity contribution is -0.137. The number of alkyl halides is 3. The lowest BCUT2D eigenvalue weighted by Gasteiger charge is -2.31. The van der Waals surface area contributed by atoms with Crippen molar-refractivity contribution in [2.75, 3.05) is 9.80 Å². The van der Waals surface area contributed by atoms with Crippen LogP contribution < -0.4 is 9.80 Å². The molecule has 1 saturated carbocycles. The topological polar surface area (TPSA) is 84.6 Å². The van der Waals surface area contributed by atoms with Crippen molar-refractivity contribution in [3.63, 3.8) is 0 Å². The minimum absolute atomic E-state index is 0.0893. The fourth-order valence-electron chi connectivity index (χ4n) is 4.64. The number of hydrogen-bond donors (Lipinski definition) is 1. The van der Waals surface area contributed by atoms with Crippen LogP contribution in [0.15, 0.2) is 24.3 Å². The molecule has 2 amide bonds. The predicted octanol–water partition coefficient (Wildman–Crippen LogP) is 5.66. The number of carbonyl (C=O) groups excluding carboxylic acids is 1. The maximum atomic E-state index is 13.5. The summed E-state index contributed by atoms with van der Waals surface area (Å²) in [6.45, 7) is 1.83. The van der Waals surface area contributed by atoms with Crippen molar-refractivity contribution in [3.8, 4) is 6.07 Å². The largest absolute Gasteiger partial charge is 0.477 e. The SMILES string of the molecule is CCc1cc(N2C(=O)N(c3ccc(C#N)c(C(F)(F)F)c3)C3CCCCC32)sc1C(=O)O. The molecule has 2 atom stereocenters. The summed E-state index contributed by atoms with van der Waals surface area (Å²) >= 11 is 1.02. The van der Waals surface area contributed by atoms with Crippen LogP contribution in [0, 0.1) is 11.3 Å². The number of amides is 2. The molecule has 10 heteroatoms. The Balaban J connectivity index is 1.80. The summed E-state index contributed by atoms with van der Waals surface area (Å²) in [6.07, 6.45) is -1.22. The number of aryl methyl sites for hydroxylation is 1. The standard InChI is InChI=1S/C22H20F3N3O3S/c1-2-12-9-18(32-19(12)20(29)30)28-17-6-4-3-5-16(17)27(21(28)31)14-8-7-13(11-26)15(10-14)22(23,24)25/h7-10,16-17H,2-6H2,1H3,(H,29,30). The summed E-state index contributed by atoms with van der Waals surface area (Å²) in [6, 6.07) is 5.52. The number of nitriles is 1. The van der Waals surface area contributed by atoms with Crippen molar-refractivity contribution in [2.24, 2.45) is 0 Å².